The van der Waals surface area contributed by atoms with Crippen LogP contribution in [0, 0.1) is 0 Å². The molecule has 0 atom stereocenters. The molecular weight excluding hydrogens is 224 g/mol. The van der Waals surface area contributed by atoms with E-state index in [0.717, 1.165) is 0 Å². The zero-order valence-corrected chi connectivity index (χ0v) is 9.96. The third-order valence-corrected chi connectivity index (χ3v) is 2.34. The number of nitrogens with one attached hydrogen (secondary N) is 1. The predicted molar refractivity (Wildman–Crippen MR) is 64.0 cm³/mol. The summed E-state index contributed by atoms with van der Waals surface area (Å²) >= 11 is 0. The van der Waals surface area contributed by atoms with Crippen molar-refractivity contribution >= 4 is 11.8 Å². The fourth-order valence-corrected chi connectivity index (χ4v) is 1.17. The van der Waals surface area contributed by atoms with Gasteiger partial charge < -0.3 is 25.5 Å². The van der Waals surface area contributed by atoms with Gasteiger partial charge >= 0.3 is 0 Å². The van der Waals surface area contributed by atoms with Gasteiger partial charge in [-0.15, -0.1) is 0 Å². The highest BCUT2D eigenvalue weighted by molar-refractivity contribution is 5.42. The lowest BCUT2D eigenvalue weighted by Crippen LogP contribution is -2.49. The number of aromatic nitrogens is 2. The second kappa shape index (κ2) is 5.76. The van der Waals surface area contributed by atoms with Crippen LogP contribution in [0.2, 0.25) is 0 Å². The third kappa shape index (κ3) is 3.26. The van der Waals surface area contributed by atoms with Crippen molar-refractivity contribution in [1.82, 2.24) is 9.97 Å². The largest absolute Gasteiger partial charge is 0.394 e. The van der Waals surface area contributed by atoms with Gasteiger partial charge in [0.2, 0.25) is 5.95 Å². The molecule has 0 spiro atoms. The molecule has 1 aromatic rings. The molecule has 1 rings (SSSR count). The lowest BCUT2D eigenvalue weighted by atomic mass is 10.0. The van der Waals surface area contributed by atoms with E-state index in [1.165, 1.54) is 0 Å². The molecule has 7 heteroatoms. The number of nitrogens with zero attached hydrogens (tertiary/aromatic N) is 3. The van der Waals surface area contributed by atoms with Crippen LogP contribution in [0.3, 0.4) is 0 Å². The molecule has 0 aliphatic rings. The summed E-state index contributed by atoms with van der Waals surface area (Å²) in [5, 5.41) is 30.3. The van der Waals surface area contributed by atoms with Crippen molar-refractivity contribution in [1.29, 1.82) is 0 Å². The average Bonchev–Trinajstić information content (AvgIpc) is 2.36. The molecule has 7 nitrogen and oxygen atoms in total. The van der Waals surface area contributed by atoms with Crippen LogP contribution in [0.15, 0.2) is 12.3 Å². The Bertz CT molecular complexity index is 347. The zero-order valence-electron chi connectivity index (χ0n) is 9.96. The molecule has 17 heavy (non-hydrogen) atoms. The van der Waals surface area contributed by atoms with E-state index in [9.17, 15) is 15.3 Å². The first-order valence-corrected chi connectivity index (χ1v) is 5.18. The number of rotatable bonds is 6. The Morgan fingerprint density at radius 3 is 2.29 bits per heavy atom. The maximum absolute atomic E-state index is 9.18. The minimum atomic E-state index is -1.18. The summed E-state index contributed by atoms with van der Waals surface area (Å²) in [7, 11) is 3.60. The smallest absolute Gasteiger partial charge is 0.226 e. The first kappa shape index (κ1) is 13.6. The Hall–Kier alpha value is -1.44. The third-order valence-electron chi connectivity index (χ3n) is 2.34. The van der Waals surface area contributed by atoms with Crippen LogP contribution in [-0.4, -0.2) is 64.7 Å². The van der Waals surface area contributed by atoms with Crippen LogP contribution in [-0.2, 0) is 0 Å². The van der Waals surface area contributed by atoms with E-state index in [1.54, 1.807) is 31.3 Å². The standard InChI is InChI=1S/C10H18N4O3/c1-14(2)9-11-4-3-8(12-9)13-10(5-15,6-16)7-17/h3-4,15-17H,5-7H2,1-2H3,(H,11,12,13). The molecule has 96 valence electrons. The highest BCUT2D eigenvalue weighted by Gasteiger charge is 2.28. The Kier molecular flexibility index (Phi) is 4.62. The van der Waals surface area contributed by atoms with Gasteiger partial charge in [0, 0.05) is 20.3 Å². The molecule has 1 aromatic heterocycles. The quantitative estimate of drug-likeness (QED) is 0.490. The molecule has 0 bridgehead atoms. The lowest BCUT2D eigenvalue weighted by Gasteiger charge is -2.29. The van der Waals surface area contributed by atoms with Gasteiger partial charge in [-0.2, -0.15) is 4.98 Å². The van der Waals surface area contributed by atoms with Gasteiger partial charge in [-0.1, -0.05) is 0 Å². The van der Waals surface area contributed by atoms with Crippen LogP contribution in [0.1, 0.15) is 0 Å². The first-order chi connectivity index (χ1) is 8.06. The highest BCUT2D eigenvalue weighted by atomic mass is 16.3. The first-order valence-electron chi connectivity index (χ1n) is 5.18. The maximum Gasteiger partial charge on any atom is 0.226 e. The zero-order chi connectivity index (χ0) is 12.9. The molecule has 0 saturated carbocycles. The van der Waals surface area contributed by atoms with E-state index >= 15 is 0 Å². The van der Waals surface area contributed by atoms with Crippen LogP contribution in [0.25, 0.3) is 0 Å². The summed E-state index contributed by atoms with van der Waals surface area (Å²) in [6, 6.07) is 1.60. The molecule has 0 aliphatic heterocycles. The summed E-state index contributed by atoms with van der Waals surface area (Å²) in [6.07, 6.45) is 1.56. The number of hydrogen-bond donors (Lipinski definition) is 4. The predicted octanol–water partition coefficient (Wildman–Crippen LogP) is -1.33. The Balaban J connectivity index is 2.90. The van der Waals surface area contributed by atoms with Gasteiger partial charge in [0.15, 0.2) is 0 Å². The lowest BCUT2D eigenvalue weighted by molar-refractivity contribution is 0.0831. The summed E-state index contributed by atoms with van der Waals surface area (Å²) in [4.78, 5) is 9.93. The molecule has 0 amide bonds. The van der Waals surface area contributed by atoms with Crippen molar-refractivity contribution in [2.75, 3.05) is 44.1 Å². The van der Waals surface area contributed by atoms with Crippen LogP contribution in [0.4, 0.5) is 11.8 Å². The minimum absolute atomic E-state index is 0.401. The molecule has 0 fully saturated rings. The fraction of sp³-hybridized carbons (Fsp3) is 0.600. The summed E-state index contributed by atoms with van der Waals surface area (Å²) in [5.74, 6) is 0.929. The van der Waals surface area contributed by atoms with E-state index in [1.807, 2.05) is 0 Å². The van der Waals surface area contributed by atoms with E-state index in [2.05, 4.69) is 15.3 Å². The van der Waals surface area contributed by atoms with E-state index in [-0.39, 0.29) is 0 Å². The van der Waals surface area contributed by atoms with E-state index < -0.39 is 25.4 Å². The van der Waals surface area contributed by atoms with Crippen LogP contribution in [0.5, 0.6) is 0 Å². The van der Waals surface area contributed by atoms with E-state index in [4.69, 9.17) is 0 Å². The van der Waals surface area contributed by atoms with Gasteiger partial charge in [0.05, 0.1) is 19.8 Å². The molecule has 0 aromatic carbocycles. The molecule has 0 aliphatic carbocycles. The normalized spacial score (nSPS) is 11.4. The monoisotopic (exact) mass is 242 g/mol. The van der Waals surface area contributed by atoms with Crippen LogP contribution >= 0.6 is 0 Å². The second-order valence-electron chi connectivity index (χ2n) is 4.02. The summed E-state index contributed by atoms with van der Waals surface area (Å²) < 4.78 is 0. The van der Waals surface area contributed by atoms with E-state index in [0.29, 0.717) is 11.8 Å². The van der Waals surface area contributed by atoms with Crippen molar-refractivity contribution in [2.24, 2.45) is 0 Å². The Labute approximate surface area is 99.8 Å². The molecule has 0 saturated heterocycles. The Morgan fingerprint density at radius 1 is 1.24 bits per heavy atom. The van der Waals surface area contributed by atoms with Gasteiger partial charge in [0.25, 0.3) is 0 Å². The highest BCUT2D eigenvalue weighted by Crippen LogP contribution is 2.14. The van der Waals surface area contributed by atoms with Gasteiger partial charge in [-0.3, -0.25) is 0 Å². The van der Waals surface area contributed by atoms with Crippen LogP contribution < -0.4 is 10.2 Å². The van der Waals surface area contributed by atoms with Crippen molar-refractivity contribution in [2.45, 2.75) is 5.54 Å². The number of hydrogen-bond acceptors (Lipinski definition) is 7. The van der Waals surface area contributed by atoms with Crippen molar-refractivity contribution in [3.8, 4) is 0 Å². The average molecular weight is 242 g/mol. The van der Waals surface area contributed by atoms with Crippen molar-refractivity contribution in [3.63, 3.8) is 0 Å². The topological polar surface area (TPSA) is 102 Å². The SMILES string of the molecule is CN(C)c1nccc(NC(CO)(CO)CO)n1. The van der Waals surface area contributed by atoms with Gasteiger partial charge in [-0.05, 0) is 6.07 Å². The number of anilines is 2. The second-order valence-corrected chi connectivity index (χ2v) is 4.02. The molecule has 0 radical (unpaired) electrons. The molecule has 1 heterocycles. The van der Waals surface area contributed by atoms with Gasteiger partial charge in [0.1, 0.15) is 11.4 Å². The summed E-state index contributed by atoms with van der Waals surface area (Å²) in [5.41, 5.74) is -1.18. The minimum Gasteiger partial charge on any atom is -0.394 e. The Morgan fingerprint density at radius 2 is 1.82 bits per heavy atom. The molecular formula is C10H18N4O3. The molecule has 0 unspecified atom stereocenters. The summed E-state index contributed by atoms with van der Waals surface area (Å²) in [6.45, 7) is -1.20. The fourth-order valence-electron chi connectivity index (χ4n) is 1.17. The van der Waals surface area contributed by atoms with Gasteiger partial charge in [-0.25, -0.2) is 4.98 Å². The number of aliphatic hydroxyl groups is 3. The van der Waals surface area contributed by atoms with Crippen molar-refractivity contribution < 1.29 is 15.3 Å². The number of aliphatic hydroxyl groups excluding tert-OH is 3. The van der Waals surface area contributed by atoms with Crippen molar-refractivity contribution in [3.05, 3.63) is 12.3 Å². The maximum atomic E-state index is 9.18. The molecule has 4 N–H and O–H groups in total.